The van der Waals surface area contributed by atoms with E-state index in [1.807, 2.05) is 0 Å². The number of aliphatic hydroxyl groups excluding tert-OH is 4. The molecule has 0 aliphatic heterocycles. The summed E-state index contributed by atoms with van der Waals surface area (Å²) in [6, 6.07) is 0. The maximum absolute atomic E-state index is 8.43. The summed E-state index contributed by atoms with van der Waals surface area (Å²) in [6.07, 6.45) is 0. The Morgan fingerprint density at radius 2 is 1.23 bits per heavy atom. The third-order valence-corrected chi connectivity index (χ3v) is 1.48. The highest BCUT2D eigenvalue weighted by Gasteiger charge is 2.13. The van der Waals surface area contributed by atoms with E-state index in [1.54, 1.807) is 20.8 Å². The molecule has 0 saturated heterocycles. The van der Waals surface area contributed by atoms with Gasteiger partial charge in [-0.3, -0.25) is 0 Å². The van der Waals surface area contributed by atoms with Crippen molar-refractivity contribution in [2.75, 3.05) is 26.4 Å². The topological polar surface area (TPSA) is 80.9 Å². The second kappa shape index (κ2) is 8.44. The van der Waals surface area contributed by atoms with Crippen molar-refractivity contribution >= 4 is 0 Å². The molecule has 0 aliphatic rings. The predicted molar refractivity (Wildman–Crippen MR) is 51.3 cm³/mol. The van der Waals surface area contributed by atoms with Crippen LogP contribution in [0.5, 0.6) is 0 Å². The number of hydrogen-bond acceptors (Lipinski definition) is 4. The average Bonchev–Trinajstić information content (AvgIpc) is 2.17. The van der Waals surface area contributed by atoms with Gasteiger partial charge in [0, 0.05) is 24.5 Å². The lowest BCUT2D eigenvalue weighted by molar-refractivity contribution is 0.0857. The SMILES string of the molecule is CC(C)(CO)CO.CC(CO)CO. The van der Waals surface area contributed by atoms with Crippen LogP contribution in [0.3, 0.4) is 0 Å². The summed E-state index contributed by atoms with van der Waals surface area (Å²) in [7, 11) is 0. The average molecular weight is 194 g/mol. The summed E-state index contributed by atoms with van der Waals surface area (Å²) >= 11 is 0. The van der Waals surface area contributed by atoms with Crippen LogP contribution in [-0.4, -0.2) is 46.9 Å². The number of hydrogen-bond donors (Lipinski definition) is 4. The lowest BCUT2D eigenvalue weighted by Gasteiger charge is -2.16. The van der Waals surface area contributed by atoms with E-state index < -0.39 is 0 Å². The normalized spacial score (nSPS) is 11.1. The van der Waals surface area contributed by atoms with E-state index >= 15 is 0 Å². The first-order valence-electron chi connectivity index (χ1n) is 4.37. The molecule has 0 aliphatic carbocycles. The Balaban J connectivity index is 0. The maximum Gasteiger partial charge on any atom is 0.0504 e. The van der Waals surface area contributed by atoms with Crippen molar-refractivity contribution in [2.45, 2.75) is 20.8 Å². The molecule has 0 atom stereocenters. The van der Waals surface area contributed by atoms with Gasteiger partial charge in [-0.05, 0) is 0 Å². The van der Waals surface area contributed by atoms with Gasteiger partial charge in [0.2, 0.25) is 0 Å². The predicted octanol–water partition coefficient (Wildman–Crippen LogP) is -0.396. The van der Waals surface area contributed by atoms with Gasteiger partial charge in [-0.25, -0.2) is 0 Å². The molecule has 0 bridgehead atoms. The quantitative estimate of drug-likeness (QED) is 0.491. The molecule has 0 spiro atoms. The highest BCUT2D eigenvalue weighted by Crippen LogP contribution is 2.10. The fraction of sp³-hybridized carbons (Fsp3) is 1.00. The molecular weight excluding hydrogens is 172 g/mol. The fourth-order valence-corrected chi connectivity index (χ4v) is 0.108. The van der Waals surface area contributed by atoms with Crippen LogP contribution in [-0.2, 0) is 0 Å². The molecule has 82 valence electrons. The van der Waals surface area contributed by atoms with Crippen LogP contribution < -0.4 is 0 Å². The summed E-state index contributed by atoms with van der Waals surface area (Å²) in [4.78, 5) is 0. The Morgan fingerprint density at radius 1 is 0.923 bits per heavy atom. The van der Waals surface area contributed by atoms with Gasteiger partial charge < -0.3 is 20.4 Å². The van der Waals surface area contributed by atoms with Gasteiger partial charge >= 0.3 is 0 Å². The van der Waals surface area contributed by atoms with E-state index in [0.29, 0.717) is 0 Å². The van der Waals surface area contributed by atoms with Gasteiger partial charge in [0.05, 0.1) is 13.2 Å². The van der Waals surface area contributed by atoms with Gasteiger partial charge in [-0.1, -0.05) is 20.8 Å². The van der Waals surface area contributed by atoms with Gasteiger partial charge in [-0.2, -0.15) is 0 Å². The fourth-order valence-electron chi connectivity index (χ4n) is 0.108. The second-order valence-electron chi connectivity index (χ2n) is 3.95. The molecule has 0 saturated carbocycles. The molecule has 0 fully saturated rings. The molecular formula is C9H22O4. The molecule has 0 aromatic carbocycles. The molecule has 0 radical (unpaired) electrons. The number of aliphatic hydroxyl groups is 4. The van der Waals surface area contributed by atoms with Crippen molar-refractivity contribution in [1.82, 2.24) is 0 Å². The minimum atomic E-state index is -0.306. The lowest BCUT2D eigenvalue weighted by Crippen LogP contribution is -2.20. The van der Waals surface area contributed by atoms with Crippen LogP contribution in [0, 0.1) is 11.3 Å². The lowest BCUT2D eigenvalue weighted by atomic mass is 9.97. The van der Waals surface area contributed by atoms with Crippen LogP contribution in [0.25, 0.3) is 0 Å². The van der Waals surface area contributed by atoms with Crippen molar-refractivity contribution in [3.63, 3.8) is 0 Å². The van der Waals surface area contributed by atoms with Crippen molar-refractivity contribution in [2.24, 2.45) is 11.3 Å². The zero-order valence-electron chi connectivity index (χ0n) is 8.69. The van der Waals surface area contributed by atoms with Crippen LogP contribution in [0.15, 0.2) is 0 Å². The molecule has 0 aromatic heterocycles. The van der Waals surface area contributed by atoms with E-state index in [-0.39, 0.29) is 37.8 Å². The summed E-state index contributed by atoms with van der Waals surface area (Å²) in [6.45, 7) is 5.62. The first-order valence-corrected chi connectivity index (χ1v) is 4.37. The molecule has 4 nitrogen and oxygen atoms in total. The van der Waals surface area contributed by atoms with Gasteiger partial charge in [0.25, 0.3) is 0 Å². The Labute approximate surface area is 79.8 Å². The number of rotatable bonds is 4. The molecule has 4 heteroatoms. The molecule has 0 heterocycles. The van der Waals surface area contributed by atoms with Crippen molar-refractivity contribution in [3.05, 3.63) is 0 Å². The molecule has 13 heavy (non-hydrogen) atoms. The van der Waals surface area contributed by atoms with Crippen molar-refractivity contribution in [3.8, 4) is 0 Å². The summed E-state index contributed by atoms with van der Waals surface area (Å²) in [5, 5.41) is 33.2. The Bertz CT molecular complexity index is 93.8. The van der Waals surface area contributed by atoms with Crippen molar-refractivity contribution in [1.29, 1.82) is 0 Å². The Morgan fingerprint density at radius 3 is 1.23 bits per heavy atom. The zero-order chi connectivity index (χ0) is 10.9. The van der Waals surface area contributed by atoms with Gasteiger partial charge in [0.15, 0.2) is 0 Å². The van der Waals surface area contributed by atoms with E-state index in [4.69, 9.17) is 20.4 Å². The third-order valence-electron chi connectivity index (χ3n) is 1.48. The standard InChI is InChI=1S/C5H12O2.C4H10O2/c1-5(2,3-6)4-7;1-4(2-5)3-6/h6-7H,3-4H2,1-2H3;4-6H,2-3H2,1H3. The third kappa shape index (κ3) is 11.8. The Kier molecular flexibility index (Phi) is 9.94. The highest BCUT2D eigenvalue weighted by molar-refractivity contribution is 4.62. The van der Waals surface area contributed by atoms with Gasteiger partial charge in [0.1, 0.15) is 0 Å². The second-order valence-corrected chi connectivity index (χ2v) is 3.95. The van der Waals surface area contributed by atoms with Crippen LogP contribution in [0.1, 0.15) is 20.8 Å². The first-order chi connectivity index (χ1) is 5.93. The van der Waals surface area contributed by atoms with E-state index in [2.05, 4.69) is 0 Å². The minimum absolute atomic E-state index is 0.0451. The Hall–Kier alpha value is -0.160. The largest absolute Gasteiger partial charge is 0.396 e. The van der Waals surface area contributed by atoms with E-state index in [9.17, 15) is 0 Å². The molecule has 0 unspecified atom stereocenters. The van der Waals surface area contributed by atoms with Crippen LogP contribution in [0.2, 0.25) is 0 Å². The molecule has 0 amide bonds. The van der Waals surface area contributed by atoms with Crippen LogP contribution >= 0.6 is 0 Å². The van der Waals surface area contributed by atoms with Gasteiger partial charge in [-0.15, -0.1) is 0 Å². The van der Waals surface area contributed by atoms with Crippen LogP contribution in [0.4, 0.5) is 0 Å². The van der Waals surface area contributed by atoms with Crippen molar-refractivity contribution < 1.29 is 20.4 Å². The first kappa shape index (κ1) is 15.3. The van der Waals surface area contributed by atoms with E-state index in [0.717, 1.165) is 0 Å². The van der Waals surface area contributed by atoms with E-state index in [1.165, 1.54) is 0 Å². The highest BCUT2D eigenvalue weighted by atomic mass is 16.3. The minimum Gasteiger partial charge on any atom is -0.396 e. The zero-order valence-corrected chi connectivity index (χ0v) is 8.69. The molecule has 0 aromatic rings. The summed E-state index contributed by atoms with van der Waals surface area (Å²) in [5.41, 5.74) is -0.306. The monoisotopic (exact) mass is 194 g/mol. The molecule has 4 N–H and O–H groups in total. The summed E-state index contributed by atoms with van der Waals surface area (Å²) in [5.74, 6) is 0.0463. The maximum atomic E-state index is 8.43. The molecule has 0 rings (SSSR count). The summed E-state index contributed by atoms with van der Waals surface area (Å²) < 4.78 is 0. The smallest absolute Gasteiger partial charge is 0.0504 e.